The van der Waals surface area contributed by atoms with E-state index in [0.29, 0.717) is 5.56 Å². The molecule has 0 spiro atoms. The van der Waals surface area contributed by atoms with E-state index in [1.54, 1.807) is 0 Å². The van der Waals surface area contributed by atoms with Gasteiger partial charge in [-0.1, -0.05) is 36.7 Å². The average Bonchev–Trinajstić information content (AvgIpc) is 2.39. The third-order valence-corrected chi connectivity index (χ3v) is 4.68. The number of benzene rings is 1. The molecule has 2 rings (SSSR count). The van der Waals surface area contributed by atoms with Gasteiger partial charge in [0.15, 0.2) is 0 Å². The number of alkyl halides is 3. The molecular weight excluding hydrogens is 357 g/mol. The molecule has 0 aromatic heterocycles. The Kier molecular flexibility index (Phi) is 5.24. The number of nitrogens with one attached hydrogen (secondary N) is 1. The van der Waals surface area contributed by atoms with E-state index in [1.807, 2.05) is 0 Å². The first-order valence-corrected chi connectivity index (χ1v) is 8.21. The van der Waals surface area contributed by atoms with Crippen LogP contribution in [0.2, 0.25) is 0 Å². The van der Waals surface area contributed by atoms with E-state index < -0.39 is 11.7 Å². The van der Waals surface area contributed by atoms with Gasteiger partial charge < -0.3 is 5.32 Å². The molecule has 0 unspecified atom stereocenters. The summed E-state index contributed by atoms with van der Waals surface area (Å²) in [5, 5.41) is 3.29. The maximum Gasteiger partial charge on any atom is 0.416 e. The predicted molar refractivity (Wildman–Crippen MR) is 85.8 cm³/mol. The molecule has 0 bridgehead atoms. The Labute approximate surface area is 138 Å². The molecule has 6 heteroatoms. The highest BCUT2D eigenvalue weighted by molar-refractivity contribution is 9.10. The molecule has 1 aliphatic heterocycles. The molecule has 1 fully saturated rings. The fourth-order valence-corrected chi connectivity index (χ4v) is 3.54. The summed E-state index contributed by atoms with van der Waals surface area (Å²) >= 11 is 3.45. The highest BCUT2D eigenvalue weighted by Gasteiger charge is 2.36. The second-order valence-corrected chi connectivity index (χ2v) is 7.64. The zero-order valence-electron chi connectivity index (χ0n) is 13.1. The van der Waals surface area contributed by atoms with Crippen molar-refractivity contribution in [2.75, 3.05) is 26.2 Å². The summed E-state index contributed by atoms with van der Waals surface area (Å²) in [5.41, 5.74) is -0.0383. The lowest BCUT2D eigenvalue weighted by Crippen LogP contribution is -2.48. The summed E-state index contributed by atoms with van der Waals surface area (Å²) in [6.07, 6.45) is -4.32. The van der Waals surface area contributed by atoms with Gasteiger partial charge in [0, 0.05) is 36.7 Å². The van der Waals surface area contributed by atoms with Crippen molar-refractivity contribution in [3.63, 3.8) is 0 Å². The minimum Gasteiger partial charge on any atom is -0.314 e. The summed E-state index contributed by atoms with van der Waals surface area (Å²) < 4.78 is 39.9. The lowest BCUT2D eigenvalue weighted by molar-refractivity contribution is -0.137. The van der Waals surface area contributed by atoms with E-state index in [-0.39, 0.29) is 11.5 Å². The molecule has 1 aromatic rings. The van der Waals surface area contributed by atoms with E-state index in [9.17, 15) is 13.2 Å². The van der Waals surface area contributed by atoms with Crippen LogP contribution in [0.1, 0.15) is 37.9 Å². The third kappa shape index (κ3) is 4.03. The maximum absolute atomic E-state index is 13.1. The standard InChI is InChI=1S/C16H22BrF3N2/c1-15(2,3)14(22-8-6-21-7-9-22)12-10-11(16(18,19)20)4-5-13(12)17/h4-5,10,14,21H,6-9H2,1-3H3/t14-/m0/s1. The van der Waals surface area contributed by atoms with Crippen LogP contribution in [0.25, 0.3) is 0 Å². The van der Waals surface area contributed by atoms with Crippen LogP contribution < -0.4 is 5.32 Å². The monoisotopic (exact) mass is 378 g/mol. The summed E-state index contributed by atoms with van der Waals surface area (Å²) in [7, 11) is 0. The van der Waals surface area contributed by atoms with Gasteiger partial charge >= 0.3 is 6.18 Å². The molecule has 0 amide bonds. The second kappa shape index (κ2) is 6.49. The van der Waals surface area contributed by atoms with Gasteiger partial charge in [-0.2, -0.15) is 13.2 Å². The van der Waals surface area contributed by atoms with Crippen LogP contribution in [0, 0.1) is 5.41 Å². The van der Waals surface area contributed by atoms with E-state index >= 15 is 0 Å². The summed E-state index contributed by atoms with van der Waals surface area (Å²) in [6.45, 7) is 9.63. The Morgan fingerprint density at radius 3 is 2.23 bits per heavy atom. The third-order valence-electron chi connectivity index (χ3n) is 3.95. The largest absolute Gasteiger partial charge is 0.416 e. The average molecular weight is 379 g/mol. The lowest BCUT2D eigenvalue weighted by Gasteiger charge is -2.43. The molecule has 2 nitrogen and oxygen atoms in total. The quantitative estimate of drug-likeness (QED) is 0.816. The van der Waals surface area contributed by atoms with Gasteiger partial charge in [0.25, 0.3) is 0 Å². The normalized spacial score (nSPS) is 19.2. The highest BCUT2D eigenvalue weighted by atomic mass is 79.9. The van der Waals surface area contributed by atoms with Gasteiger partial charge in [0.05, 0.1) is 5.56 Å². The minimum atomic E-state index is -4.32. The number of hydrogen-bond acceptors (Lipinski definition) is 2. The molecule has 124 valence electrons. The van der Waals surface area contributed by atoms with Gasteiger partial charge in [-0.15, -0.1) is 0 Å². The van der Waals surface area contributed by atoms with Crippen molar-refractivity contribution in [2.24, 2.45) is 5.41 Å². The second-order valence-electron chi connectivity index (χ2n) is 6.79. The van der Waals surface area contributed by atoms with E-state index in [4.69, 9.17) is 0 Å². The molecule has 0 radical (unpaired) electrons. The van der Waals surface area contributed by atoms with Crippen molar-refractivity contribution >= 4 is 15.9 Å². The van der Waals surface area contributed by atoms with Crippen LogP contribution >= 0.6 is 15.9 Å². The number of piperazine rings is 1. The summed E-state index contributed by atoms with van der Waals surface area (Å²) in [5.74, 6) is 0. The maximum atomic E-state index is 13.1. The van der Waals surface area contributed by atoms with Crippen LogP contribution in [0.15, 0.2) is 22.7 Å². The highest BCUT2D eigenvalue weighted by Crippen LogP contribution is 2.43. The predicted octanol–water partition coefficient (Wildman–Crippen LogP) is 4.46. The fourth-order valence-electron chi connectivity index (χ4n) is 3.08. The van der Waals surface area contributed by atoms with Gasteiger partial charge in [0.1, 0.15) is 0 Å². The molecule has 1 atom stereocenters. The van der Waals surface area contributed by atoms with E-state index in [1.165, 1.54) is 12.1 Å². The molecule has 1 heterocycles. The van der Waals surface area contributed by atoms with Crippen molar-refractivity contribution in [3.05, 3.63) is 33.8 Å². The van der Waals surface area contributed by atoms with Gasteiger partial charge in [-0.25, -0.2) is 0 Å². The van der Waals surface area contributed by atoms with Gasteiger partial charge in [0.2, 0.25) is 0 Å². The summed E-state index contributed by atoms with van der Waals surface area (Å²) in [4.78, 5) is 2.27. The zero-order chi connectivity index (χ0) is 16.5. The molecule has 0 saturated carbocycles. The van der Waals surface area contributed by atoms with Crippen molar-refractivity contribution in [1.29, 1.82) is 0 Å². The zero-order valence-corrected chi connectivity index (χ0v) is 14.7. The molecule has 22 heavy (non-hydrogen) atoms. The molecule has 0 aliphatic carbocycles. The van der Waals surface area contributed by atoms with Crippen molar-refractivity contribution in [3.8, 4) is 0 Å². The Balaban J connectivity index is 2.47. The number of hydrogen-bond donors (Lipinski definition) is 1. The molecule has 1 N–H and O–H groups in total. The molecular formula is C16H22BrF3N2. The van der Waals surface area contributed by atoms with E-state index in [0.717, 1.165) is 36.7 Å². The van der Waals surface area contributed by atoms with Crippen molar-refractivity contribution < 1.29 is 13.2 Å². The van der Waals surface area contributed by atoms with Crippen molar-refractivity contribution in [1.82, 2.24) is 10.2 Å². The molecule has 1 aromatic carbocycles. The van der Waals surface area contributed by atoms with Crippen LogP contribution in [0.4, 0.5) is 13.2 Å². The first-order valence-electron chi connectivity index (χ1n) is 7.42. The number of nitrogens with zero attached hydrogens (tertiary/aromatic N) is 1. The first kappa shape index (κ1) is 17.8. The Bertz CT molecular complexity index is 517. The Morgan fingerprint density at radius 1 is 1.14 bits per heavy atom. The minimum absolute atomic E-state index is 0.0636. The van der Waals surface area contributed by atoms with Gasteiger partial charge in [-0.3, -0.25) is 4.90 Å². The first-order chi connectivity index (χ1) is 10.1. The lowest BCUT2D eigenvalue weighted by atomic mass is 9.80. The van der Waals surface area contributed by atoms with Crippen LogP contribution in [-0.4, -0.2) is 31.1 Å². The smallest absolute Gasteiger partial charge is 0.314 e. The van der Waals surface area contributed by atoms with E-state index in [2.05, 4.69) is 46.9 Å². The number of rotatable bonds is 2. The van der Waals surface area contributed by atoms with Gasteiger partial charge in [-0.05, 0) is 29.2 Å². The van der Waals surface area contributed by atoms with Crippen LogP contribution in [0.3, 0.4) is 0 Å². The SMILES string of the molecule is CC(C)(C)[C@H](c1cc(C(F)(F)F)ccc1Br)N1CCNCC1. The summed E-state index contributed by atoms with van der Waals surface area (Å²) in [6, 6.07) is 3.87. The van der Waals surface area contributed by atoms with Crippen LogP contribution in [0.5, 0.6) is 0 Å². The fraction of sp³-hybridized carbons (Fsp3) is 0.625. The number of halogens is 4. The van der Waals surface area contributed by atoms with Crippen LogP contribution in [-0.2, 0) is 6.18 Å². The van der Waals surface area contributed by atoms with Crippen molar-refractivity contribution in [2.45, 2.75) is 33.0 Å². The topological polar surface area (TPSA) is 15.3 Å². The molecule has 1 saturated heterocycles. The molecule has 1 aliphatic rings. The Morgan fingerprint density at radius 2 is 1.73 bits per heavy atom. The Hall–Kier alpha value is -0.590.